The van der Waals surface area contributed by atoms with Crippen molar-refractivity contribution in [1.82, 2.24) is 16.0 Å². The molecule has 0 saturated carbocycles. The Balaban J connectivity index is 0.000000247. The molecule has 0 heterocycles. The van der Waals surface area contributed by atoms with E-state index in [9.17, 15) is 26.3 Å². The van der Waals surface area contributed by atoms with E-state index in [2.05, 4.69) is 16.0 Å². The Bertz CT molecular complexity index is 810. The zero-order valence-corrected chi connectivity index (χ0v) is 18.6. The fraction of sp³-hybridized carbons (Fsp3) is 0.250. The van der Waals surface area contributed by atoms with Crippen LogP contribution in [0.3, 0.4) is 0 Å². The molecule has 0 fully saturated rings. The lowest BCUT2D eigenvalue weighted by atomic mass is 10.2. The van der Waals surface area contributed by atoms with Crippen molar-refractivity contribution in [1.29, 1.82) is 0 Å². The molecule has 3 N–H and O–H groups in total. The zero-order chi connectivity index (χ0) is 24.8. The summed E-state index contributed by atoms with van der Waals surface area (Å²) in [6.07, 6.45) is 0. The van der Waals surface area contributed by atoms with Gasteiger partial charge in [-0.05, 0) is 57.5 Å². The molecule has 3 aromatic rings. The smallest absolute Gasteiger partial charge is 0.130 e. The summed E-state index contributed by atoms with van der Waals surface area (Å²) < 4.78 is 76.5. The third kappa shape index (κ3) is 9.25. The summed E-state index contributed by atoms with van der Waals surface area (Å²) in [5.74, 6) is -3.00. The standard InChI is InChI=1S/3C8H9F2N/c3*1-11-5-6-7(9)3-2-4-8(6)10/h3*2-4,11H,5H2,1H3. The maximum absolute atomic E-state index is 12.8. The summed E-state index contributed by atoms with van der Waals surface area (Å²) in [5.41, 5.74) is 0.278. The van der Waals surface area contributed by atoms with Gasteiger partial charge in [0.2, 0.25) is 0 Å². The van der Waals surface area contributed by atoms with E-state index in [-0.39, 0.29) is 36.3 Å². The summed E-state index contributed by atoms with van der Waals surface area (Å²) in [6.45, 7) is 0.662. The van der Waals surface area contributed by atoms with Gasteiger partial charge in [0.15, 0.2) is 0 Å². The first-order chi connectivity index (χ1) is 15.8. The summed E-state index contributed by atoms with van der Waals surface area (Å²) in [7, 11) is 4.93. The van der Waals surface area contributed by atoms with Gasteiger partial charge in [-0.2, -0.15) is 0 Å². The molecule has 0 bridgehead atoms. The van der Waals surface area contributed by atoms with Gasteiger partial charge in [-0.1, -0.05) is 18.2 Å². The number of hydrogen-bond donors (Lipinski definition) is 3. The molecular formula is C24H27F6N3. The minimum atomic E-state index is -0.501. The third-order valence-corrected chi connectivity index (χ3v) is 4.25. The van der Waals surface area contributed by atoms with Gasteiger partial charge in [-0.25, -0.2) is 26.3 Å². The minimum Gasteiger partial charge on any atom is -0.315 e. The van der Waals surface area contributed by atoms with Gasteiger partial charge in [-0.3, -0.25) is 0 Å². The quantitative estimate of drug-likeness (QED) is 0.441. The van der Waals surface area contributed by atoms with Gasteiger partial charge in [0.25, 0.3) is 0 Å². The molecule has 3 rings (SSSR count). The molecule has 0 saturated heterocycles. The molecule has 180 valence electrons. The van der Waals surface area contributed by atoms with Crippen LogP contribution in [0.5, 0.6) is 0 Å². The van der Waals surface area contributed by atoms with Crippen LogP contribution in [0.25, 0.3) is 0 Å². The van der Waals surface area contributed by atoms with Crippen molar-refractivity contribution in [3.63, 3.8) is 0 Å². The Morgan fingerprint density at radius 3 is 0.758 bits per heavy atom. The lowest BCUT2D eigenvalue weighted by Gasteiger charge is -2.02. The largest absolute Gasteiger partial charge is 0.315 e. The van der Waals surface area contributed by atoms with Crippen LogP contribution >= 0.6 is 0 Å². The lowest BCUT2D eigenvalue weighted by Crippen LogP contribution is -2.08. The highest BCUT2D eigenvalue weighted by Gasteiger charge is 2.07. The Hall–Kier alpha value is -2.88. The average Bonchev–Trinajstić information content (AvgIpc) is 2.77. The van der Waals surface area contributed by atoms with Gasteiger partial charge in [0, 0.05) is 36.3 Å². The van der Waals surface area contributed by atoms with E-state index in [1.165, 1.54) is 54.6 Å². The first-order valence-electron chi connectivity index (χ1n) is 9.99. The first kappa shape index (κ1) is 28.2. The number of hydrogen-bond acceptors (Lipinski definition) is 3. The maximum Gasteiger partial charge on any atom is 0.130 e. The molecule has 33 heavy (non-hydrogen) atoms. The van der Waals surface area contributed by atoms with E-state index in [4.69, 9.17) is 0 Å². The third-order valence-electron chi connectivity index (χ3n) is 4.25. The average molecular weight is 471 g/mol. The van der Waals surface area contributed by atoms with Gasteiger partial charge < -0.3 is 16.0 Å². The van der Waals surface area contributed by atoms with Crippen molar-refractivity contribution in [3.8, 4) is 0 Å². The van der Waals surface area contributed by atoms with E-state index >= 15 is 0 Å². The van der Waals surface area contributed by atoms with Crippen LogP contribution in [-0.4, -0.2) is 21.1 Å². The number of rotatable bonds is 6. The molecule has 0 aliphatic rings. The molecule has 0 amide bonds. The monoisotopic (exact) mass is 471 g/mol. The second-order valence-corrected chi connectivity index (χ2v) is 6.69. The molecule has 0 spiro atoms. The van der Waals surface area contributed by atoms with E-state index < -0.39 is 34.9 Å². The van der Waals surface area contributed by atoms with Crippen LogP contribution in [-0.2, 0) is 19.6 Å². The second kappa shape index (κ2) is 15.0. The van der Waals surface area contributed by atoms with Gasteiger partial charge >= 0.3 is 0 Å². The van der Waals surface area contributed by atoms with E-state index in [0.29, 0.717) is 0 Å². The van der Waals surface area contributed by atoms with Gasteiger partial charge in [0.05, 0.1) is 0 Å². The van der Waals surface area contributed by atoms with Crippen molar-refractivity contribution in [2.75, 3.05) is 21.1 Å². The van der Waals surface area contributed by atoms with E-state index in [1.54, 1.807) is 21.1 Å². The molecule has 9 heteroatoms. The molecule has 0 aromatic heterocycles. The minimum absolute atomic E-state index is 0.0926. The fourth-order valence-electron chi connectivity index (χ4n) is 2.63. The van der Waals surface area contributed by atoms with Crippen LogP contribution in [0, 0.1) is 34.9 Å². The van der Waals surface area contributed by atoms with E-state index in [0.717, 1.165) is 0 Å². The lowest BCUT2D eigenvalue weighted by molar-refractivity contribution is 0.545. The van der Waals surface area contributed by atoms with E-state index in [1.807, 2.05) is 0 Å². The molecule has 3 nitrogen and oxygen atoms in total. The van der Waals surface area contributed by atoms with Crippen molar-refractivity contribution >= 4 is 0 Å². The highest BCUT2D eigenvalue weighted by atomic mass is 19.2. The van der Waals surface area contributed by atoms with Gasteiger partial charge in [-0.15, -0.1) is 0 Å². The van der Waals surface area contributed by atoms with Crippen LogP contribution in [0.1, 0.15) is 16.7 Å². The Labute approximate surface area is 189 Å². The molecule has 0 aliphatic heterocycles. The molecule has 3 aromatic carbocycles. The van der Waals surface area contributed by atoms with Crippen LogP contribution < -0.4 is 16.0 Å². The number of nitrogens with one attached hydrogen (secondary N) is 3. The molecular weight excluding hydrogens is 444 g/mol. The Kier molecular flexibility index (Phi) is 12.8. The first-order valence-corrected chi connectivity index (χ1v) is 9.99. The van der Waals surface area contributed by atoms with Gasteiger partial charge in [0.1, 0.15) is 34.9 Å². The number of halogens is 6. The maximum atomic E-state index is 12.8. The molecule has 0 radical (unpaired) electrons. The van der Waals surface area contributed by atoms with Crippen molar-refractivity contribution in [3.05, 3.63) is 106 Å². The van der Waals surface area contributed by atoms with Crippen LogP contribution in [0.4, 0.5) is 26.3 Å². The molecule has 0 unspecified atom stereocenters. The summed E-state index contributed by atoms with van der Waals surface area (Å²) >= 11 is 0. The molecule has 0 aliphatic carbocycles. The van der Waals surface area contributed by atoms with Crippen LogP contribution in [0.2, 0.25) is 0 Å². The van der Waals surface area contributed by atoms with Crippen molar-refractivity contribution in [2.24, 2.45) is 0 Å². The second-order valence-electron chi connectivity index (χ2n) is 6.69. The topological polar surface area (TPSA) is 36.1 Å². The Morgan fingerprint density at radius 2 is 0.606 bits per heavy atom. The summed E-state index contributed by atoms with van der Waals surface area (Å²) in [5, 5.41) is 8.06. The normalized spacial score (nSPS) is 10.1. The van der Waals surface area contributed by atoms with Crippen molar-refractivity contribution in [2.45, 2.75) is 19.6 Å². The van der Waals surface area contributed by atoms with Crippen LogP contribution in [0.15, 0.2) is 54.6 Å². The molecule has 0 atom stereocenters. The SMILES string of the molecule is CNCc1c(F)cccc1F.CNCc1c(F)cccc1F.CNCc1c(F)cccc1F. The van der Waals surface area contributed by atoms with Crippen molar-refractivity contribution < 1.29 is 26.3 Å². The summed E-state index contributed by atoms with van der Waals surface area (Å²) in [4.78, 5) is 0. The highest BCUT2D eigenvalue weighted by molar-refractivity contribution is 5.20. The predicted octanol–water partition coefficient (Wildman–Crippen LogP) is 5.05. The fourth-order valence-corrected chi connectivity index (χ4v) is 2.63. The zero-order valence-electron chi connectivity index (χ0n) is 18.6. The highest BCUT2D eigenvalue weighted by Crippen LogP contribution is 2.12. The Morgan fingerprint density at radius 1 is 0.424 bits per heavy atom. The predicted molar refractivity (Wildman–Crippen MR) is 117 cm³/mol. The summed E-state index contributed by atoms with van der Waals surface area (Å²) in [6, 6.07) is 11.5. The number of benzene rings is 3.